The van der Waals surface area contributed by atoms with Crippen LogP contribution in [0.2, 0.25) is 5.02 Å². The van der Waals surface area contributed by atoms with Crippen molar-refractivity contribution >= 4 is 23.4 Å². The molecule has 2 aromatic rings. The van der Waals surface area contributed by atoms with Gasteiger partial charge in [0, 0.05) is 42.0 Å². The molecule has 0 bridgehead atoms. The minimum Gasteiger partial charge on any atom is -0.347 e. The van der Waals surface area contributed by atoms with Gasteiger partial charge in [0.25, 0.3) is 5.91 Å². The van der Waals surface area contributed by atoms with E-state index in [9.17, 15) is 9.59 Å². The van der Waals surface area contributed by atoms with Crippen LogP contribution in [0.1, 0.15) is 35.0 Å². The number of nitrogens with zero attached hydrogens (tertiary/aromatic N) is 2. The summed E-state index contributed by atoms with van der Waals surface area (Å²) in [5.41, 5.74) is 2.35. The van der Waals surface area contributed by atoms with Gasteiger partial charge < -0.3 is 10.2 Å². The molecule has 0 unspecified atom stereocenters. The molecular weight excluding hydrogens is 338 g/mol. The Balaban J connectivity index is 1.62. The molecule has 2 amide bonds. The maximum absolute atomic E-state index is 12.4. The summed E-state index contributed by atoms with van der Waals surface area (Å²) in [6, 6.07) is 10.8. The first kappa shape index (κ1) is 17.4. The quantitative estimate of drug-likeness (QED) is 0.895. The molecule has 0 aliphatic carbocycles. The zero-order valence-corrected chi connectivity index (χ0v) is 14.8. The molecule has 1 saturated heterocycles. The highest BCUT2D eigenvalue weighted by atomic mass is 35.5. The van der Waals surface area contributed by atoms with Gasteiger partial charge in [0.1, 0.15) is 0 Å². The Morgan fingerprint density at radius 2 is 2.16 bits per heavy atom. The molecule has 0 saturated carbocycles. The van der Waals surface area contributed by atoms with Crippen LogP contribution in [0.4, 0.5) is 0 Å². The molecule has 1 aromatic carbocycles. The van der Waals surface area contributed by atoms with E-state index in [0.29, 0.717) is 30.1 Å². The summed E-state index contributed by atoms with van der Waals surface area (Å²) in [6.07, 6.45) is 2.72. The number of halogens is 1. The van der Waals surface area contributed by atoms with Gasteiger partial charge in [-0.3, -0.25) is 14.6 Å². The van der Waals surface area contributed by atoms with Crippen LogP contribution >= 0.6 is 11.6 Å². The predicted molar refractivity (Wildman–Crippen MR) is 96.4 cm³/mol. The Hall–Kier alpha value is -2.40. The van der Waals surface area contributed by atoms with E-state index in [2.05, 4.69) is 10.3 Å². The number of amides is 2. The highest BCUT2D eigenvalue weighted by molar-refractivity contribution is 6.31. The minimum atomic E-state index is -0.194. The molecule has 2 heterocycles. The van der Waals surface area contributed by atoms with Crippen LogP contribution in [-0.4, -0.2) is 34.3 Å². The second-order valence-corrected chi connectivity index (χ2v) is 6.54. The Labute approximate surface area is 152 Å². The molecule has 0 radical (unpaired) electrons. The standard InChI is InChI=1S/C19H20ClN3O2/c1-2-15-9-13(7-8-21-15)19(25)22-16-10-18(24)23(12-16)11-14-5-3-4-6-17(14)20/h3-9,16H,2,10-12H2,1H3,(H,22,25)/t16-/m1/s1. The molecule has 25 heavy (non-hydrogen) atoms. The van der Waals surface area contributed by atoms with Crippen molar-refractivity contribution < 1.29 is 9.59 Å². The van der Waals surface area contributed by atoms with E-state index in [0.717, 1.165) is 17.7 Å². The summed E-state index contributed by atoms with van der Waals surface area (Å²) in [7, 11) is 0. The molecule has 1 N–H and O–H groups in total. The Bertz CT molecular complexity index is 794. The summed E-state index contributed by atoms with van der Waals surface area (Å²) in [4.78, 5) is 30.6. The zero-order chi connectivity index (χ0) is 17.8. The van der Waals surface area contributed by atoms with Gasteiger partial charge in [0.15, 0.2) is 0 Å². The molecule has 1 aromatic heterocycles. The van der Waals surface area contributed by atoms with Gasteiger partial charge in [0.05, 0.1) is 6.04 Å². The number of aromatic nitrogens is 1. The maximum Gasteiger partial charge on any atom is 0.251 e. The molecule has 130 valence electrons. The first-order valence-electron chi connectivity index (χ1n) is 8.33. The number of aryl methyl sites for hydroxylation is 1. The average molecular weight is 358 g/mol. The number of carbonyl (C=O) groups is 2. The van der Waals surface area contributed by atoms with Gasteiger partial charge in [-0.25, -0.2) is 0 Å². The fraction of sp³-hybridized carbons (Fsp3) is 0.316. The van der Waals surface area contributed by atoms with Crippen molar-refractivity contribution in [2.45, 2.75) is 32.4 Å². The van der Waals surface area contributed by atoms with Crippen LogP contribution in [0.5, 0.6) is 0 Å². The Morgan fingerprint density at radius 3 is 2.92 bits per heavy atom. The van der Waals surface area contributed by atoms with Crippen LogP contribution in [0.15, 0.2) is 42.6 Å². The normalized spacial score (nSPS) is 17.0. The minimum absolute atomic E-state index is 0.0224. The Kier molecular flexibility index (Phi) is 5.34. The van der Waals surface area contributed by atoms with Crippen LogP contribution in [0.3, 0.4) is 0 Å². The lowest BCUT2D eigenvalue weighted by molar-refractivity contribution is -0.128. The van der Waals surface area contributed by atoms with Crippen LogP contribution < -0.4 is 5.32 Å². The van der Waals surface area contributed by atoms with E-state index in [1.54, 1.807) is 23.2 Å². The Morgan fingerprint density at radius 1 is 1.36 bits per heavy atom. The first-order chi connectivity index (χ1) is 12.1. The van der Waals surface area contributed by atoms with Gasteiger partial charge in [-0.1, -0.05) is 36.7 Å². The maximum atomic E-state index is 12.4. The number of hydrogen-bond donors (Lipinski definition) is 1. The largest absolute Gasteiger partial charge is 0.347 e. The van der Waals surface area contributed by atoms with Gasteiger partial charge in [-0.15, -0.1) is 0 Å². The van der Waals surface area contributed by atoms with Crippen LogP contribution in [0, 0.1) is 0 Å². The highest BCUT2D eigenvalue weighted by Crippen LogP contribution is 2.21. The van der Waals surface area contributed by atoms with E-state index >= 15 is 0 Å². The number of rotatable bonds is 5. The predicted octanol–water partition coefficient (Wildman–Crippen LogP) is 2.83. The van der Waals surface area contributed by atoms with E-state index in [1.165, 1.54) is 0 Å². The van der Waals surface area contributed by atoms with Crippen LogP contribution in [0.25, 0.3) is 0 Å². The number of benzene rings is 1. The highest BCUT2D eigenvalue weighted by Gasteiger charge is 2.31. The third-order valence-corrected chi connectivity index (χ3v) is 4.68. The van der Waals surface area contributed by atoms with Gasteiger partial charge in [-0.05, 0) is 30.2 Å². The second-order valence-electron chi connectivity index (χ2n) is 6.13. The van der Waals surface area contributed by atoms with Crippen molar-refractivity contribution in [3.8, 4) is 0 Å². The molecule has 5 nitrogen and oxygen atoms in total. The summed E-state index contributed by atoms with van der Waals surface area (Å²) in [5, 5.41) is 3.59. The third kappa shape index (κ3) is 4.17. The molecular formula is C19H20ClN3O2. The van der Waals surface area contributed by atoms with E-state index < -0.39 is 0 Å². The molecule has 1 aliphatic rings. The number of pyridine rings is 1. The van der Waals surface area contributed by atoms with Crippen molar-refractivity contribution in [2.24, 2.45) is 0 Å². The third-order valence-electron chi connectivity index (χ3n) is 4.31. The molecule has 1 fully saturated rings. The molecule has 1 atom stereocenters. The molecule has 0 spiro atoms. The van der Waals surface area contributed by atoms with Crippen molar-refractivity contribution in [3.63, 3.8) is 0 Å². The summed E-state index contributed by atoms with van der Waals surface area (Å²) < 4.78 is 0. The molecule has 6 heteroatoms. The van der Waals surface area contributed by atoms with Crippen LogP contribution in [-0.2, 0) is 17.8 Å². The number of likely N-dealkylation sites (tertiary alicyclic amines) is 1. The average Bonchev–Trinajstić information content (AvgIpc) is 2.96. The number of hydrogen-bond acceptors (Lipinski definition) is 3. The van der Waals surface area contributed by atoms with Crippen molar-refractivity contribution in [2.75, 3.05) is 6.54 Å². The summed E-state index contributed by atoms with van der Waals surface area (Å²) in [5.74, 6) is -0.149. The van der Waals surface area contributed by atoms with Gasteiger partial charge in [0.2, 0.25) is 5.91 Å². The SMILES string of the molecule is CCc1cc(C(=O)N[C@@H]2CC(=O)N(Cc3ccccc3Cl)C2)ccn1. The van der Waals surface area contributed by atoms with E-state index in [1.807, 2.05) is 31.2 Å². The lowest BCUT2D eigenvalue weighted by Gasteiger charge is -2.18. The number of carbonyl (C=O) groups excluding carboxylic acids is 2. The van der Waals surface area contributed by atoms with Crippen molar-refractivity contribution in [1.82, 2.24) is 15.2 Å². The van der Waals surface area contributed by atoms with Crippen molar-refractivity contribution in [1.29, 1.82) is 0 Å². The number of nitrogens with one attached hydrogen (secondary N) is 1. The zero-order valence-electron chi connectivity index (χ0n) is 14.0. The van der Waals surface area contributed by atoms with Crippen molar-refractivity contribution in [3.05, 3.63) is 64.4 Å². The topological polar surface area (TPSA) is 62.3 Å². The second kappa shape index (κ2) is 7.66. The summed E-state index contributed by atoms with van der Waals surface area (Å²) >= 11 is 6.17. The monoisotopic (exact) mass is 357 g/mol. The lowest BCUT2D eigenvalue weighted by Crippen LogP contribution is -2.37. The van der Waals surface area contributed by atoms with E-state index in [-0.39, 0.29) is 17.9 Å². The first-order valence-corrected chi connectivity index (χ1v) is 8.71. The molecule has 3 rings (SSSR count). The lowest BCUT2D eigenvalue weighted by atomic mass is 10.1. The van der Waals surface area contributed by atoms with Gasteiger partial charge in [-0.2, -0.15) is 0 Å². The van der Waals surface area contributed by atoms with E-state index in [4.69, 9.17) is 11.6 Å². The molecule has 1 aliphatic heterocycles. The fourth-order valence-electron chi connectivity index (χ4n) is 2.94. The fourth-order valence-corrected chi connectivity index (χ4v) is 3.13. The smallest absolute Gasteiger partial charge is 0.251 e. The summed E-state index contributed by atoms with van der Waals surface area (Å²) in [6.45, 7) is 2.94. The van der Waals surface area contributed by atoms with Gasteiger partial charge >= 0.3 is 0 Å².